The highest BCUT2D eigenvalue weighted by atomic mass is 15.1. The molecule has 0 aliphatic rings. The van der Waals surface area contributed by atoms with Crippen molar-refractivity contribution in [3.05, 3.63) is 42.1 Å². The van der Waals surface area contributed by atoms with Crippen molar-refractivity contribution in [2.24, 2.45) is 5.73 Å². The van der Waals surface area contributed by atoms with E-state index >= 15 is 0 Å². The van der Waals surface area contributed by atoms with Gasteiger partial charge in [0.25, 0.3) is 0 Å². The normalized spacial score (nSPS) is 10.2. The van der Waals surface area contributed by atoms with Crippen LogP contribution in [0, 0.1) is 12.3 Å². The summed E-state index contributed by atoms with van der Waals surface area (Å²) in [6, 6.07) is 3.58. The van der Waals surface area contributed by atoms with E-state index in [4.69, 9.17) is 11.1 Å². The highest BCUT2D eigenvalue weighted by Crippen LogP contribution is 2.07. The monoisotopic (exact) mass is 201 g/mol. The number of aromatic nitrogens is 3. The molecule has 15 heavy (non-hydrogen) atoms. The SMILES string of the molecule is Cc1nccn1-c1ccc(C(=N)N)cn1. The van der Waals surface area contributed by atoms with Gasteiger partial charge in [-0.1, -0.05) is 0 Å². The zero-order valence-corrected chi connectivity index (χ0v) is 8.31. The summed E-state index contributed by atoms with van der Waals surface area (Å²) in [4.78, 5) is 8.31. The van der Waals surface area contributed by atoms with Gasteiger partial charge in [-0.3, -0.25) is 9.98 Å². The molecule has 0 atom stereocenters. The molecule has 0 aliphatic heterocycles. The lowest BCUT2D eigenvalue weighted by molar-refractivity contribution is 0.932. The molecule has 0 aliphatic carbocycles. The van der Waals surface area contributed by atoms with Gasteiger partial charge < -0.3 is 5.73 Å². The molecule has 0 fully saturated rings. The number of nitrogens with two attached hydrogens (primary N) is 1. The first-order chi connectivity index (χ1) is 7.18. The van der Waals surface area contributed by atoms with Crippen molar-refractivity contribution in [3.8, 4) is 5.82 Å². The summed E-state index contributed by atoms with van der Waals surface area (Å²) < 4.78 is 1.86. The third-order valence-corrected chi connectivity index (χ3v) is 2.13. The minimum atomic E-state index is 0.0244. The van der Waals surface area contributed by atoms with Crippen molar-refractivity contribution in [3.63, 3.8) is 0 Å². The maximum Gasteiger partial charge on any atom is 0.138 e. The van der Waals surface area contributed by atoms with Crippen molar-refractivity contribution in [1.29, 1.82) is 5.41 Å². The van der Waals surface area contributed by atoms with Gasteiger partial charge in [0.05, 0.1) is 0 Å². The summed E-state index contributed by atoms with van der Waals surface area (Å²) >= 11 is 0. The fourth-order valence-corrected chi connectivity index (χ4v) is 1.31. The Hall–Kier alpha value is -2.17. The van der Waals surface area contributed by atoms with Gasteiger partial charge in [0.1, 0.15) is 17.5 Å². The molecule has 2 aromatic rings. The molecule has 5 heteroatoms. The number of pyridine rings is 1. The quantitative estimate of drug-likeness (QED) is 0.558. The van der Waals surface area contributed by atoms with Crippen LogP contribution in [-0.2, 0) is 0 Å². The molecule has 0 unspecified atom stereocenters. The van der Waals surface area contributed by atoms with Crippen molar-refractivity contribution in [1.82, 2.24) is 14.5 Å². The Labute approximate surface area is 87.1 Å². The zero-order chi connectivity index (χ0) is 10.8. The Morgan fingerprint density at radius 3 is 2.67 bits per heavy atom. The van der Waals surface area contributed by atoms with Crippen LogP contribution in [0.5, 0.6) is 0 Å². The molecule has 0 saturated heterocycles. The van der Waals surface area contributed by atoms with Gasteiger partial charge in [-0.25, -0.2) is 9.97 Å². The fourth-order valence-electron chi connectivity index (χ4n) is 1.31. The van der Waals surface area contributed by atoms with Crippen LogP contribution in [0.1, 0.15) is 11.4 Å². The predicted molar refractivity (Wildman–Crippen MR) is 57.1 cm³/mol. The first kappa shape index (κ1) is 9.39. The highest BCUT2D eigenvalue weighted by Gasteiger charge is 2.02. The molecule has 3 N–H and O–H groups in total. The van der Waals surface area contributed by atoms with Gasteiger partial charge in [-0.05, 0) is 19.1 Å². The molecule has 2 heterocycles. The van der Waals surface area contributed by atoms with Crippen molar-refractivity contribution >= 4 is 5.84 Å². The smallest absolute Gasteiger partial charge is 0.138 e. The van der Waals surface area contributed by atoms with E-state index in [1.165, 1.54) is 0 Å². The molecular formula is C10H11N5. The second-order valence-corrected chi connectivity index (χ2v) is 3.16. The van der Waals surface area contributed by atoms with E-state index in [-0.39, 0.29) is 5.84 Å². The molecule has 0 aromatic carbocycles. The summed E-state index contributed by atoms with van der Waals surface area (Å²) in [7, 11) is 0. The second kappa shape index (κ2) is 3.53. The molecule has 0 amide bonds. The minimum Gasteiger partial charge on any atom is -0.384 e. The van der Waals surface area contributed by atoms with Crippen LogP contribution in [0.2, 0.25) is 0 Å². The Morgan fingerprint density at radius 2 is 2.20 bits per heavy atom. The number of nitrogens with zero attached hydrogens (tertiary/aromatic N) is 3. The van der Waals surface area contributed by atoms with Gasteiger partial charge in [-0.15, -0.1) is 0 Å². The molecule has 0 bridgehead atoms. The number of aryl methyl sites for hydroxylation is 1. The lowest BCUT2D eigenvalue weighted by atomic mass is 10.2. The molecule has 2 aromatic heterocycles. The van der Waals surface area contributed by atoms with Crippen molar-refractivity contribution in [2.45, 2.75) is 6.92 Å². The molecular weight excluding hydrogens is 190 g/mol. The largest absolute Gasteiger partial charge is 0.384 e. The van der Waals surface area contributed by atoms with Crippen LogP contribution in [0.3, 0.4) is 0 Å². The average molecular weight is 201 g/mol. The Morgan fingerprint density at radius 1 is 1.40 bits per heavy atom. The second-order valence-electron chi connectivity index (χ2n) is 3.16. The van der Waals surface area contributed by atoms with E-state index in [1.54, 1.807) is 18.5 Å². The number of imidazole rings is 1. The Kier molecular flexibility index (Phi) is 2.21. The van der Waals surface area contributed by atoms with Gasteiger partial charge in [-0.2, -0.15) is 0 Å². The van der Waals surface area contributed by atoms with Crippen LogP contribution >= 0.6 is 0 Å². The third-order valence-electron chi connectivity index (χ3n) is 2.13. The number of rotatable bonds is 2. The number of amidine groups is 1. The van der Waals surface area contributed by atoms with Gasteiger partial charge in [0, 0.05) is 24.2 Å². The van der Waals surface area contributed by atoms with Crippen LogP contribution in [-0.4, -0.2) is 20.4 Å². The number of nitrogens with one attached hydrogen (secondary N) is 1. The zero-order valence-electron chi connectivity index (χ0n) is 8.31. The van der Waals surface area contributed by atoms with Gasteiger partial charge >= 0.3 is 0 Å². The predicted octanol–water partition coefficient (Wildman–Crippen LogP) is 0.860. The summed E-state index contributed by atoms with van der Waals surface area (Å²) in [6.07, 6.45) is 5.14. The molecule has 0 spiro atoms. The van der Waals surface area contributed by atoms with E-state index in [2.05, 4.69) is 9.97 Å². The van der Waals surface area contributed by atoms with Crippen LogP contribution in [0.15, 0.2) is 30.7 Å². The number of hydrogen-bond donors (Lipinski definition) is 2. The van der Waals surface area contributed by atoms with E-state index in [0.717, 1.165) is 11.6 Å². The average Bonchev–Trinajstić information content (AvgIpc) is 2.65. The maximum absolute atomic E-state index is 7.24. The maximum atomic E-state index is 7.24. The standard InChI is InChI=1S/C10H11N5/c1-7-13-4-5-15(7)9-3-2-8(6-14-9)10(11)12/h2-6H,1H3,(H3,11,12). The third kappa shape index (κ3) is 1.71. The lowest BCUT2D eigenvalue weighted by Crippen LogP contribution is -2.11. The van der Waals surface area contributed by atoms with Crippen LogP contribution < -0.4 is 5.73 Å². The van der Waals surface area contributed by atoms with Gasteiger partial charge in [0.15, 0.2) is 0 Å². The van der Waals surface area contributed by atoms with E-state index in [1.807, 2.05) is 23.8 Å². The molecule has 76 valence electrons. The molecule has 2 rings (SSSR count). The van der Waals surface area contributed by atoms with E-state index in [0.29, 0.717) is 5.56 Å². The number of hydrogen-bond acceptors (Lipinski definition) is 3. The summed E-state index contributed by atoms with van der Waals surface area (Å²) in [6.45, 7) is 1.90. The number of nitrogen functional groups attached to an aromatic ring is 1. The van der Waals surface area contributed by atoms with E-state index < -0.39 is 0 Å². The van der Waals surface area contributed by atoms with Crippen LogP contribution in [0.25, 0.3) is 5.82 Å². The Bertz CT molecular complexity index is 483. The molecule has 0 radical (unpaired) electrons. The van der Waals surface area contributed by atoms with Crippen LogP contribution in [0.4, 0.5) is 0 Å². The molecule has 0 saturated carbocycles. The first-order valence-corrected chi connectivity index (χ1v) is 4.49. The topological polar surface area (TPSA) is 80.6 Å². The molecule has 5 nitrogen and oxygen atoms in total. The fraction of sp³-hybridized carbons (Fsp3) is 0.100. The Balaban J connectivity index is 2.40. The van der Waals surface area contributed by atoms with Gasteiger partial charge in [0.2, 0.25) is 0 Å². The lowest BCUT2D eigenvalue weighted by Gasteiger charge is -2.04. The minimum absolute atomic E-state index is 0.0244. The summed E-state index contributed by atoms with van der Waals surface area (Å²) in [5.74, 6) is 1.67. The van der Waals surface area contributed by atoms with E-state index in [9.17, 15) is 0 Å². The summed E-state index contributed by atoms with van der Waals surface area (Å²) in [5.41, 5.74) is 5.96. The first-order valence-electron chi connectivity index (χ1n) is 4.49. The summed E-state index contributed by atoms with van der Waals surface area (Å²) in [5, 5.41) is 7.24. The highest BCUT2D eigenvalue weighted by molar-refractivity contribution is 5.94. The van der Waals surface area contributed by atoms with Crippen molar-refractivity contribution in [2.75, 3.05) is 0 Å². The van der Waals surface area contributed by atoms with Crippen molar-refractivity contribution < 1.29 is 0 Å².